The lowest BCUT2D eigenvalue weighted by atomic mass is 10.3. The average Bonchev–Trinajstić information content (AvgIpc) is 2.26. The molecule has 0 aromatic heterocycles. The predicted molar refractivity (Wildman–Crippen MR) is 61.0 cm³/mol. The van der Waals surface area contributed by atoms with Crippen molar-refractivity contribution in [3.05, 3.63) is 30.1 Å². The van der Waals surface area contributed by atoms with E-state index in [0.717, 1.165) is 0 Å². The Morgan fingerprint density at radius 2 is 1.94 bits per heavy atom. The second-order valence-corrected chi connectivity index (χ2v) is 3.77. The Bertz CT molecular complexity index is 354. The number of nitrogens with one attached hydrogen (secondary N) is 1. The van der Waals surface area contributed by atoms with E-state index in [9.17, 15) is 17.6 Å². The molecule has 1 N–H and O–H groups in total. The van der Waals surface area contributed by atoms with Crippen LogP contribution in [0.5, 0.6) is 0 Å². The Kier molecular flexibility index (Phi) is 5.91. The van der Waals surface area contributed by atoms with E-state index in [1.54, 1.807) is 12.1 Å². The van der Waals surface area contributed by atoms with Crippen molar-refractivity contribution >= 4 is 5.69 Å². The van der Waals surface area contributed by atoms with E-state index in [1.165, 1.54) is 12.1 Å². The Balaban J connectivity index is 2.02. The van der Waals surface area contributed by atoms with Crippen molar-refractivity contribution in [2.75, 3.05) is 25.1 Å². The van der Waals surface area contributed by atoms with Crippen LogP contribution in [0.4, 0.5) is 23.2 Å². The summed E-state index contributed by atoms with van der Waals surface area (Å²) in [6, 6.07) is 5.94. The quantitative estimate of drug-likeness (QED) is 0.601. The first-order valence-electron chi connectivity index (χ1n) is 5.61. The van der Waals surface area contributed by atoms with Gasteiger partial charge in [0.15, 0.2) is 0 Å². The lowest BCUT2D eigenvalue weighted by Gasteiger charge is -2.08. The molecule has 2 nitrogen and oxygen atoms in total. The van der Waals surface area contributed by atoms with E-state index in [2.05, 4.69) is 5.32 Å². The van der Waals surface area contributed by atoms with E-state index >= 15 is 0 Å². The van der Waals surface area contributed by atoms with Crippen LogP contribution in [-0.4, -0.2) is 25.9 Å². The number of rotatable bonds is 7. The van der Waals surface area contributed by atoms with Crippen LogP contribution in [0, 0.1) is 5.82 Å². The second-order valence-electron chi connectivity index (χ2n) is 3.77. The van der Waals surface area contributed by atoms with E-state index in [4.69, 9.17) is 4.74 Å². The van der Waals surface area contributed by atoms with E-state index < -0.39 is 12.6 Å². The first kappa shape index (κ1) is 14.8. The molecule has 0 aliphatic carbocycles. The highest BCUT2D eigenvalue weighted by Gasteiger charge is 2.25. The van der Waals surface area contributed by atoms with Gasteiger partial charge in [-0.15, -0.1) is 0 Å². The summed E-state index contributed by atoms with van der Waals surface area (Å²) >= 11 is 0. The summed E-state index contributed by atoms with van der Waals surface area (Å²) in [4.78, 5) is 0. The third kappa shape index (κ3) is 7.11. The van der Waals surface area contributed by atoms with Crippen molar-refractivity contribution < 1.29 is 22.3 Å². The molecule has 1 rings (SSSR count). The Labute approximate surface area is 103 Å². The number of alkyl halides is 3. The molecule has 0 aliphatic heterocycles. The molecule has 102 valence electrons. The molecule has 18 heavy (non-hydrogen) atoms. The molecule has 0 saturated heterocycles. The van der Waals surface area contributed by atoms with E-state index in [1.807, 2.05) is 0 Å². The van der Waals surface area contributed by atoms with Crippen LogP contribution in [0.3, 0.4) is 0 Å². The molecule has 0 aliphatic rings. The SMILES string of the molecule is Fc1cccc(NCCOCCCC(F)(F)F)c1. The fraction of sp³-hybridized carbons (Fsp3) is 0.500. The van der Waals surface area contributed by atoms with Gasteiger partial charge in [-0.3, -0.25) is 0 Å². The Morgan fingerprint density at radius 3 is 2.61 bits per heavy atom. The summed E-state index contributed by atoms with van der Waals surface area (Å²) < 4.78 is 53.2. The lowest BCUT2D eigenvalue weighted by molar-refractivity contribution is -0.137. The summed E-state index contributed by atoms with van der Waals surface area (Å²) in [6.45, 7) is 0.786. The monoisotopic (exact) mass is 265 g/mol. The van der Waals surface area contributed by atoms with Crippen molar-refractivity contribution in [3.63, 3.8) is 0 Å². The molecule has 0 atom stereocenters. The fourth-order valence-corrected chi connectivity index (χ4v) is 1.34. The van der Waals surface area contributed by atoms with Gasteiger partial charge in [0.1, 0.15) is 5.82 Å². The largest absolute Gasteiger partial charge is 0.389 e. The third-order valence-corrected chi connectivity index (χ3v) is 2.15. The van der Waals surface area contributed by atoms with E-state index in [-0.39, 0.29) is 25.5 Å². The maximum atomic E-state index is 12.8. The predicted octanol–water partition coefficient (Wildman–Crippen LogP) is 3.60. The summed E-state index contributed by atoms with van der Waals surface area (Å²) in [5.41, 5.74) is 0.619. The first-order chi connectivity index (χ1) is 8.47. The van der Waals surface area contributed by atoms with Crippen LogP contribution in [0.2, 0.25) is 0 Å². The van der Waals surface area contributed by atoms with Crippen molar-refractivity contribution in [2.24, 2.45) is 0 Å². The standard InChI is InChI=1S/C12H15F4NO/c13-10-3-1-4-11(9-10)17-6-8-18-7-2-5-12(14,15)16/h1,3-4,9,17H,2,5-8H2. The number of ether oxygens (including phenoxy) is 1. The summed E-state index contributed by atoms with van der Waals surface area (Å²) in [5.74, 6) is -0.342. The number of hydrogen-bond acceptors (Lipinski definition) is 2. The normalized spacial score (nSPS) is 11.6. The number of halogens is 4. The van der Waals surface area contributed by atoms with Gasteiger partial charge >= 0.3 is 6.18 Å². The van der Waals surface area contributed by atoms with Gasteiger partial charge in [0.2, 0.25) is 0 Å². The smallest absolute Gasteiger partial charge is 0.383 e. The molecular formula is C12H15F4NO. The van der Waals surface area contributed by atoms with Gasteiger partial charge in [-0.1, -0.05) is 6.07 Å². The highest BCUT2D eigenvalue weighted by molar-refractivity contribution is 5.42. The molecule has 0 amide bonds. The molecule has 6 heteroatoms. The summed E-state index contributed by atoms with van der Waals surface area (Å²) in [6.07, 6.45) is -4.99. The van der Waals surface area contributed by atoms with Gasteiger partial charge in [0, 0.05) is 25.3 Å². The van der Waals surface area contributed by atoms with Crippen molar-refractivity contribution in [3.8, 4) is 0 Å². The first-order valence-corrected chi connectivity index (χ1v) is 5.61. The molecule has 0 fully saturated rings. The zero-order valence-corrected chi connectivity index (χ0v) is 9.77. The molecule has 1 aromatic carbocycles. The van der Waals surface area contributed by atoms with Crippen molar-refractivity contribution in [1.29, 1.82) is 0 Å². The summed E-state index contributed by atoms with van der Waals surface area (Å²) in [5, 5.41) is 2.91. The van der Waals surface area contributed by atoms with Gasteiger partial charge in [0.25, 0.3) is 0 Å². The second kappa shape index (κ2) is 7.20. The van der Waals surface area contributed by atoms with Gasteiger partial charge in [-0.05, 0) is 24.6 Å². The van der Waals surface area contributed by atoms with Crippen LogP contribution >= 0.6 is 0 Å². The van der Waals surface area contributed by atoms with Crippen LogP contribution in [-0.2, 0) is 4.74 Å². The number of hydrogen-bond donors (Lipinski definition) is 1. The minimum atomic E-state index is -4.12. The van der Waals surface area contributed by atoms with E-state index in [0.29, 0.717) is 12.2 Å². The molecule has 0 saturated carbocycles. The van der Waals surface area contributed by atoms with Gasteiger partial charge in [-0.2, -0.15) is 13.2 Å². The molecule has 1 aromatic rings. The molecule has 0 bridgehead atoms. The number of anilines is 1. The molecule has 0 heterocycles. The summed E-state index contributed by atoms with van der Waals surface area (Å²) in [7, 11) is 0. The topological polar surface area (TPSA) is 21.3 Å². The Morgan fingerprint density at radius 1 is 1.17 bits per heavy atom. The van der Waals surface area contributed by atoms with Gasteiger partial charge in [0.05, 0.1) is 6.61 Å². The molecule has 0 radical (unpaired) electrons. The lowest BCUT2D eigenvalue weighted by Crippen LogP contribution is -2.12. The highest BCUT2D eigenvalue weighted by atomic mass is 19.4. The van der Waals surface area contributed by atoms with Crippen LogP contribution in [0.25, 0.3) is 0 Å². The van der Waals surface area contributed by atoms with Crippen LogP contribution in [0.1, 0.15) is 12.8 Å². The van der Waals surface area contributed by atoms with Crippen LogP contribution in [0.15, 0.2) is 24.3 Å². The van der Waals surface area contributed by atoms with Gasteiger partial charge in [-0.25, -0.2) is 4.39 Å². The molecule has 0 spiro atoms. The highest BCUT2D eigenvalue weighted by Crippen LogP contribution is 2.20. The maximum absolute atomic E-state index is 12.8. The fourth-order valence-electron chi connectivity index (χ4n) is 1.34. The van der Waals surface area contributed by atoms with Crippen molar-refractivity contribution in [2.45, 2.75) is 19.0 Å². The zero-order chi connectivity index (χ0) is 13.4. The van der Waals surface area contributed by atoms with Crippen molar-refractivity contribution in [1.82, 2.24) is 0 Å². The minimum Gasteiger partial charge on any atom is -0.383 e. The van der Waals surface area contributed by atoms with Crippen LogP contribution < -0.4 is 5.32 Å². The maximum Gasteiger partial charge on any atom is 0.389 e. The molecule has 0 unspecified atom stereocenters. The molecular weight excluding hydrogens is 250 g/mol. The average molecular weight is 265 g/mol. The van der Waals surface area contributed by atoms with Gasteiger partial charge < -0.3 is 10.1 Å². The minimum absolute atomic E-state index is 0.0382. The Hall–Kier alpha value is -1.30. The third-order valence-electron chi connectivity index (χ3n) is 2.15. The number of benzene rings is 1. The zero-order valence-electron chi connectivity index (χ0n) is 9.77.